The average molecular weight is 319 g/mol. The monoisotopic (exact) mass is 319 g/mol. The van der Waals surface area contributed by atoms with E-state index < -0.39 is 29.8 Å². The van der Waals surface area contributed by atoms with E-state index in [-0.39, 0.29) is 6.54 Å². The number of carbonyl (C=O) groups excluding carboxylic acids is 1. The average Bonchev–Trinajstić information content (AvgIpc) is 2.70. The number of alkyl halides is 1. The van der Waals surface area contributed by atoms with Gasteiger partial charge in [0.1, 0.15) is 6.23 Å². The highest BCUT2D eigenvalue weighted by Gasteiger charge is 2.34. The van der Waals surface area contributed by atoms with E-state index in [9.17, 15) is 23.4 Å². The zero-order chi connectivity index (χ0) is 15.5. The molecule has 1 amide bonds. The molecule has 0 spiro atoms. The van der Waals surface area contributed by atoms with Crippen molar-refractivity contribution in [1.82, 2.24) is 9.03 Å². The van der Waals surface area contributed by atoms with E-state index in [0.717, 1.165) is 5.56 Å². The Bertz CT molecular complexity index is 500. The van der Waals surface area contributed by atoms with Crippen LogP contribution in [0.2, 0.25) is 0 Å². The summed E-state index contributed by atoms with van der Waals surface area (Å²) in [6, 6.07) is 6.83. The fourth-order valence-corrected chi connectivity index (χ4v) is 3.30. The molecule has 1 aliphatic rings. The van der Waals surface area contributed by atoms with E-state index in [1.807, 2.05) is 0 Å². The van der Waals surface area contributed by atoms with E-state index in [1.165, 1.54) is 4.31 Å². The minimum absolute atomic E-state index is 0.146. The maximum atomic E-state index is 12.1. The van der Waals surface area contributed by atoms with Crippen molar-refractivity contribution < 1.29 is 23.4 Å². The van der Waals surface area contributed by atoms with Gasteiger partial charge in [0.15, 0.2) is 6.67 Å². The number of nitrogens with one attached hydrogen (secondary N) is 2. The van der Waals surface area contributed by atoms with E-state index >= 15 is 0 Å². The third-order valence-electron chi connectivity index (χ3n) is 3.04. The molecule has 2 rings (SSSR count). The number of β-amino-alcohol motifs (C(OH)–C–C–N with tert-alkyl or cyclic N) is 1. The quantitative estimate of drug-likeness (QED) is 0.553. The first-order valence-corrected chi connectivity index (χ1v) is 7.84. The van der Waals surface area contributed by atoms with Crippen LogP contribution in [0.1, 0.15) is 5.56 Å². The smallest absolute Gasteiger partial charge is 0.255 e. The van der Waals surface area contributed by atoms with E-state index in [1.54, 1.807) is 24.3 Å². The minimum Gasteiger partial charge on any atom is -0.376 e. The zero-order valence-electron chi connectivity index (χ0n) is 11.2. The molecule has 5 N–H and O–H groups in total. The van der Waals surface area contributed by atoms with Crippen molar-refractivity contribution >= 4 is 22.6 Å². The molecule has 0 radical (unpaired) electrons. The van der Waals surface area contributed by atoms with Crippen LogP contribution in [-0.4, -0.2) is 50.4 Å². The Morgan fingerprint density at radius 3 is 2.62 bits per heavy atom. The number of anilines is 1. The molecular formula is C12H18FN3O4S. The van der Waals surface area contributed by atoms with Crippen molar-refractivity contribution in [2.75, 3.05) is 25.1 Å². The molecule has 1 aliphatic heterocycles. The maximum Gasteiger partial charge on any atom is 0.255 e. The summed E-state index contributed by atoms with van der Waals surface area (Å²) in [6.07, 6.45) is -0.407. The lowest BCUT2D eigenvalue weighted by atomic mass is 10.1. The van der Waals surface area contributed by atoms with Gasteiger partial charge in [0, 0.05) is 12.2 Å². The topological polar surface area (TPSA) is 105 Å². The molecule has 1 aromatic rings. The highest BCUT2D eigenvalue weighted by atomic mass is 32.3. The van der Waals surface area contributed by atoms with Crippen LogP contribution in [0.4, 0.5) is 10.1 Å². The SMILES string of the molecule is O=C(CF)Nc1ccc(CCN2CC(O)NS2(O)O)cc1. The summed E-state index contributed by atoms with van der Waals surface area (Å²) in [6.45, 7) is -0.556. The molecule has 21 heavy (non-hydrogen) atoms. The van der Waals surface area contributed by atoms with Gasteiger partial charge in [-0.1, -0.05) is 23.1 Å². The van der Waals surface area contributed by atoms with Crippen LogP contribution < -0.4 is 10.0 Å². The van der Waals surface area contributed by atoms with Gasteiger partial charge in [0.25, 0.3) is 5.91 Å². The number of rotatable bonds is 5. The van der Waals surface area contributed by atoms with Crippen molar-refractivity contribution in [3.63, 3.8) is 0 Å². The van der Waals surface area contributed by atoms with Crippen molar-refractivity contribution in [3.05, 3.63) is 29.8 Å². The molecule has 1 fully saturated rings. The Labute approximate surface area is 123 Å². The number of amides is 1. The van der Waals surface area contributed by atoms with Gasteiger partial charge < -0.3 is 10.4 Å². The van der Waals surface area contributed by atoms with Crippen LogP contribution >= 0.6 is 11.0 Å². The number of benzene rings is 1. The summed E-state index contributed by atoms with van der Waals surface area (Å²) in [5.41, 5.74) is 1.42. The second kappa shape index (κ2) is 6.69. The van der Waals surface area contributed by atoms with Crippen molar-refractivity contribution in [2.24, 2.45) is 0 Å². The summed E-state index contributed by atoms with van der Waals surface area (Å²) in [5, 5.41) is 11.7. The second-order valence-electron chi connectivity index (χ2n) is 4.67. The Balaban J connectivity index is 1.88. The molecule has 9 heteroatoms. The fraction of sp³-hybridized carbons (Fsp3) is 0.417. The number of carbonyl (C=O) groups is 1. The Morgan fingerprint density at radius 2 is 2.10 bits per heavy atom. The van der Waals surface area contributed by atoms with Gasteiger partial charge in [0.2, 0.25) is 0 Å². The number of aliphatic hydroxyl groups excluding tert-OH is 1. The largest absolute Gasteiger partial charge is 0.376 e. The van der Waals surface area contributed by atoms with Crippen LogP contribution in [0.15, 0.2) is 24.3 Å². The van der Waals surface area contributed by atoms with Gasteiger partial charge in [-0.05, 0) is 24.1 Å². The molecule has 0 aliphatic carbocycles. The predicted octanol–water partition coefficient (Wildman–Crippen LogP) is 0.941. The fourth-order valence-electron chi connectivity index (χ4n) is 2.01. The summed E-state index contributed by atoms with van der Waals surface area (Å²) in [5.74, 6) is -0.700. The molecule has 7 nitrogen and oxygen atoms in total. The number of halogens is 1. The Morgan fingerprint density at radius 1 is 1.43 bits per heavy atom. The molecule has 1 saturated heterocycles. The van der Waals surface area contributed by atoms with Crippen molar-refractivity contribution in [3.8, 4) is 0 Å². The maximum absolute atomic E-state index is 12.1. The molecule has 0 bridgehead atoms. The van der Waals surface area contributed by atoms with Gasteiger partial charge in [-0.2, -0.15) is 9.03 Å². The lowest BCUT2D eigenvalue weighted by Crippen LogP contribution is -2.27. The highest BCUT2D eigenvalue weighted by molar-refractivity contribution is 8.20. The first-order valence-electron chi connectivity index (χ1n) is 6.34. The summed E-state index contributed by atoms with van der Waals surface area (Å²) in [7, 11) is -3.10. The minimum atomic E-state index is -3.10. The standard InChI is InChI=1S/C12H18FN3O4S/c13-7-11(17)14-10-3-1-9(2-4-10)5-6-16-8-12(18)15-21(16,19)20/h1-4,12,15,18-20H,5-8H2,(H,14,17). The van der Waals surface area contributed by atoms with Gasteiger partial charge >= 0.3 is 0 Å². The first kappa shape index (κ1) is 16.1. The van der Waals surface area contributed by atoms with Crippen LogP contribution in [-0.2, 0) is 11.2 Å². The molecule has 1 atom stereocenters. The van der Waals surface area contributed by atoms with Crippen LogP contribution in [0, 0.1) is 0 Å². The van der Waals surface area contributed by atoms with Gasteiger partial charge in [-0.15, -0.1) is 0 Å². The number of hydrogen-bond acceptors (Lipinski definition) is 6. The molecular weight excluding hydrogens is 301 g/mol. The van der Waals surface area contributed by atoms with E-state index in [0.29, 0.717) is 18.7 Å². The summed E-state index contributed by atoms with van der Waals surface area (Å²) < 4.78 is 35.1. The Hall–Kier alpha value is -1.23. The van der Waals surface area contributed by atoms with Gasteiger partial charge in [0.05, 0.1) is 6.54 Å². The van der Waals surface area contributed by atoms with E-state index in [4.69, 9.17) is 0 Å². The second-order valence-corrected chi connectivity index (χ2v) is 6.46. The molecule has 118 valence electrons. The van der Waals surface area contributed by atoms with E-state index in [2.05, 4.69) is 10.0 Å². The first-order chi connectivity index (χ1) is 9.90. The molecule has 1 heterocycles. The lowest BCUT2D eigenvalue weighted by Gasteiger charge is -2.35. The predicted molar refractivity (Wildman–Crippen MR) is 78.3 cm³/mol. The third kappa shape index (κ3) is 4.37. The third-order valence-corrected chi connectivity index (χ3v) is 4.68. The summed E-state index contributed by atoms with van der Waals surface area (Å²) >= 11 is 0. The molecule has 0 aromatic heterocycles. The van der Waals surface area contributed by atoms with Gasteiger partial charge in [-0.3, -0.25) is 13.9 Å². The van der Waals surface area contributed by atoms with Crippen molar-refractivity contribution in [1.29, 1.82) is 0 Å². The lowest BCUT2D eigenvalue weighted by molar-refractivity contribution is -0.117. The van der Waals surface area contributed by atoms with Gasteiger partial charge in [-0.25, -0.2) is 4.39 Å². The van der Waals surface area contributed by atoms with Crippen LogP contribution in [0.5, 0.6) is 0 Å². The number of hydrogen-bond donors (Lipinski definition) is 5. The summed E-state index contributed by atoms with van der Waals surface area (Å²) in [4.78, 5) is 10.9. The normalized spacial score (nSPS) is 23.0. The molecule has 0 saturated carbocycles. The number of nitrogens with zero attached hydrogens (tertiary/aromatic N) is 1. The van der Waals surface area contributed by atoms with Crippen LogP contribution in [0.3, 0.4) is 0 Å². The Kier molecular flexibility index (Phi) is 5.14. The van der Waals surface area contributed by atoms with Crippen LogP contribution in [0.25, 0.3) is 0 Å². The van der Waals surface area contributed by atoms with Crippen molar-refractivity contribution in [2.45, 2.75) is 12.6 Å². The highest BCUT2D eigenvalue weighted by Crippen LogP contribution is 2.43. The number of aliphatic hydroxyl groups is 1. The molecule has 1 aromatic carbocycles. The molecule has 1 unspecified atom stereocenters. The zero-order valence-corrected chi connectivity index (χ0v) is 12.0.